The van der Waals surface area contributed by atoms with Crippen LogP contribution < -0.4 is 5.73 Å². The molecule has 0 spiro atoms. The fraction of sp³-hybridized carbons (Fsp3) is 1.00. The molecule has 0 aromatic carbocycles. The summed E-state index contributed by atoms with van der Waals surface area (Å²) >= 11 is 0. The zero-order chi connectivity index (χ0) is 10.1. The largest absolute Gasteiger partial charge is 0.328 e. The summed E-state index contributed by atoms with van der Waals surface area (Å²) in [7, 11) is 0. The van der Waals surface area contributed by atoms with E-state index in [-0.39, 0.29) is 0 Å². The van der Waals surface area contributed by atoms with Crippen molar-refractivity contribution < 1.29 is 0 Å². The Bertz CT molecular complexity index is 193. The van der Waals surface area contributed by atoms with Gasteiger partial charge in [-0.2, -0.15) is 0 Å². The third kappa shape index (κ3) is 2.12. The van der Waals surface area contributed by atoms with Crippen LogP contribution in [0.1, 0.15) is 46.0 Å². The van der Waals surface area contributed by atoms with E-state index in [4.69, 9.17) is 5.73 Å². The van der Waals surface area contributed by atoms with Crippen LogP contribution in [0.3, 0.4) is 0 Å². The van der Waals surface area contributed by atoms with Crippen LogP contribution in [-0.4, -0.2) is 29.6 Å². The van der Waals surface area contributed by atoms with Gasteiger partial charge in [0.2, 0.25) is 0 Å². The molecule has 2 fully saturated rings. The summed E-state index contributed by atoms with van der Waals surface area (Å²) in [5.74, 6) is 0.947. The molecule has 2 rings (SSSR count). The highest BCUT2D eigenvalue weighted by Crippen LogP contribution is 2.32. The molecule has 0 aromatic heterocycles. The minimum Gasteiger partial charge on any atom is -0.328 e. The second kappa shape index (κ2) is 4.19. The van der Waals surface area contributed by atoms with Gasteiger partial charge < -0.3 is 5.73 Å². The first-order valence-corrected chi connectivity index (χ1v) is 6.18. The molecule has 1 saturated carbocycles. The highest BCUT2D eigenvalue weighted by Gasteiger charge is 2.32. The molecule has 0 bridgehead atoms. The molecular weight excluding hydrogens is 172 g/mol. The lowest BCUT2D eigenvalue weighted by Crippen LogP contribution is -2.49. The SMILES string of the molecule is CC1CCC(N2CCC(N)CC2C)C1. The van der Waals surface area contributed by atoms with Gasteiger partial charge >= 0.3 is 0 Å². The van der Waals surface area contributed by atoms with E-state index in [1.807, 2.05) is 0 Å². The summed E-state index contributed by atoms with van der Waals surface area (Å²) in [6.07, 6.45) is 6.67. The molecule has 1 saturated heterocycles. The third-order valence-electron chi connectivity index (χ3n) is 4.10. The summed E-state index contributed by atoms with van der Waals surface area (Å²) in [4.78, 5) is 2.72. The van der Waals surface area contributed by atoms with Crippen LogP contribution in [-0.2, 0) is 0 Å². The number of rotatable bonds is 1. The molecule has 2 aliphatic rings. The van der Waals surface area contributed by atoms with Crippen molar-refractivity contribution in [3.8, 4) is 0 Å². The minimum atomic E-state index is 0.458. The van der Waals surface area contributed by atoms with E-state index in [0.717, 1.165) is 12.0 Å². The van der Waals surface area contributed by atoms with Gasteiger partial charge in [0.15, 0.2) is 0 Å². The number of hydrogen-bond donors (Lipinski definition) is 1. The molecule has 4 unspecified atom stereocenters. The maximum atomic E-state index is 5.99. The number of piperidine rings is 1. The zero-order valence-corrected chi connectivity index (χ0v) is 9.58. The molecule has 2 N–H and O–H groups in total. The fourth-order valence-corrected chi connectivity index (χ4v) is 3.25. The van der Waals surface area contributed by atoms with E-state index in [0.29, 0.717) is 12.1 Å². The maximum Gasteiger partial charge on any atom is 0.0101 e. The third-order valence-corrected chi connectivity index (χ3v) is 4.10. The van der Waals surface area contributed by atoms with Crippen LogP contribution in [0.2, 0.25) is 0 Å². The second-order valence-electron chi connectivity index (χ2n) is 5.44. The molecule has 0 aromatic rings. The van der Waals surface area contributed by atoms with Gasteiger partial charge in [0, 0.05) is 24.7 Å². The van der Waals surface area contributed by atoms with Crippen LogP contribution >= 0.6 is 0 Å². The van der Waals surface area contributed by atoms with Gasteiger partial charge in [-0.25, -0.2) is 0 Å². The van der Waals surface area contributed by atoms with Crippen LogP contribution in [0, 0.1) is 5.92 Å². The summed E-state index contributed by atoms with van der Waals surface area (Å²) in [5, 5.41) is 0. The zero-order valence-electron chi connectivity index (χ0n) is 9.58. The van der Waals surface area contributed by atoms with Crippen LogP contribution in [0.25, 0.3) is 0 Å². The average Bonchev–Trinajstić information content (AvgIpc) is 2.51. The molecule has 0 radical (unpaired) electrons. The smallest absolute Gasteiger partial charge is 0.0101 e. The monoisotopic (exact) mass is 196 g/mol. The lowest BCUT2D eigenvalue weighted by molar-refractivity contribution is 0.0966. The van der Waals surface area contributed by atoms with Crippen LogP contribution in [0.4, 0.5) is 0 Å². The molecule has 4 atom stereocenters. The Hall–Kier alpha value is -0.0800. The standard InChI is InChI=1S/C12H24N2/c1-9-3-4-12(7-9)14-6-5-11(13)8-10(14)2/h9-12H,3-8,13H2,1-2H3. The van der Waals surface area contributed by atoms with Crippen molar-refractivity contribution in [1.82, 2.24) is 4.90 Å². The Morgan fingerprint density at radius 1 is 1.07 bits per heavy atom. The van der Waals surface area contributed by atoms with Crippen molar-refractivity contribution in [1.29, 1.82) is 0 Å². The molecule has 1 aliphatic carbocycles. The van der Waals surface area contributed by atoms with Gasteiger partial charge in [-0.05, 0) is 44.9 Å². The first kappa shape index (κ1) is 10.4. The van der Waals surface area contributed by atoms with E-state index in [1.54, 1.807) is 0 Å². The highest BCUT2D eigenvalue weighted by atomic mass is 15.2. The summed E-state index contributed by atoms with van der Waals surface area (Å²) < 4.78 is 0. The van der Waals surface area contributed by atoms with Gasteiger partial charge in [-0.3, -0.25) is 4.90 Å². The first-order valence-electron chi connectivity index (χ1n) is 6.18. The molecular formula is C12H24N2. The minimum absolute atomic E-state index is 0.458. The summed E-state index contributed by atoms with van der Waals surface area (Å²) in [6, 6.07) is 2.04. The maximum absolute atomic E-state index is 5.99. The topological polar surface area (TPSA) is 29.3 Å². The van der Waals surface area contributed by atoms with Gasteiger partial charge in [-0.15, -0.1) is 0 Å². The highest BCUT2D eigenvalue weighted by molar-refractivity contribution is 4.88. The van der Waals surface area contributed by atoms with Crippen LogP contribution in [0.15, 0.2) is 0 Å². The molecule has 82 valence electrons. The Balaban J connectivity index is 1.91. The van der Waals surface area contributed by atoms with E-state index in [2.05, 4.69) is 18.7 Å². The number of nitrogens with zero attached hydrogens (tertiary/aromatic N) is 1. The molecule has 14 heavy (non-hydrogen) atoms. The van der Waals surface area contributed by atoms with Crippen molar-refractivity contribution in [2.24, 2.45) is 11.7 Å². The van der Waals surface area contributed by atoms with Crippen molar-refractivity contribution in [2.75, 3.05) is 6.54 Å². The van der Waals surface area contributed by atoms with Crippen molar-refractivity contribution >= 4 is 0 Å². The summed E-state index contributed by atoms with van der Waals surface area (Å²) in [5.41, 5.74) is 5.99. The van der Waals surface area contributed by atoms with Crippen LogP contribution in [0.5, 0.6) is 0 Å². The first-order chi connectivity index (χ1) is 6.66. The Morgan fingerprint density at radius 2 is 1.86 bits per heavy atom. The molecule has 0 amide bonds. The van der Waals surface area contributed by atoms with E-state index >= 15 is 0 Å². The number of hydrogen-bond acceptors (Lipinski definition) is 2. The quantitative estimate of drug-likeness (QED) is 0.695. The Kier molecular flexibility index (Phi) is 3.13. The van der Waals surface area contributed by atoms with Gasteiger partial charge in [0.05, 0.1) is 0 Å². The normalized spacial score (nSPS) is 45.6. The molecule has 2 heteroatoms. The van der Waals surface area contributed by atoms with Gasteiger partial charge in [0.25, 0.3) is 0 Å². The molecule has 2 nitrogen and oxygen atoms in total. The van der Waals surface area contributed by atoms with E-state index in [9.17, 15) is 0 Å². The van der Waals surface area contributed by atoms with Gasteiger partial charge in [-0.1, -0.05) is 6.92 Å². The number of likely N-dealkylation sites (tertiary alicyclic amines) is 1. The lowest BCUT2D eigenvalue weighted by Gasteiger charge is -2.40. The lowest BCUT2D eigenvalue weighted by atomic mass is 9.96. The predicted molar refractivity (Wildman–Crippen MR) is 60.2 cm³/mol. The van der Waals surface area contributed by atoms with Crippen molar-refractivity contribution in [3.63, 3.8) is 0 Å². The fourth-order valence-electron chi connectivity index (χ4n) is 3.25. The van der Waals surface area contributed by atoms with E-state index < -0.39 is 0 Å². The van der Waals surface area contributed by atoms with Gasteiger partial charge in [0.1, 0.15) is 0 Å². The predicted octanol–water partition coefficient (Wildman–Crippen LogP) is 1.99. The average molecular weight is 196 g/mol. The van der Waals surface area contributed by atoms with Crippen molar-refractivity contribution in [3.05, 3.63) is 0 Å². The second-order valence-corrected chi connectivity index (χ2v) is 5.44. The molecule has 1 heterocycles. The Morgan fingerprint density at radius 3 is 2.43 bits per heavy atom. The van der Waals surface area contributed by atoms with Crippen molar-refractivity contribution in [2.45, 2.75) is 64.1 Å². The number of nitrogens with two attached hydrogens (primary N) is 1. The molecule has 1 aliphatic heterocycles. The summed E-state index contributed by atoms with van der Waals surface area (Å²) in [6.45, 7) is 5.97. The Labute approximate surface area is 87.8 Å². The van der Waals surface area contributed by atoms with E-state index in [1.165, 1.54) is 38.6 Å².